The first-order chi connectivity index (χ1) is 14.3. The van der Waals surface area contributed by atoms with Gasteiger partial charge in [-0.3, -0.25) is 15.0 Å². The molecule has 2 amide bonds. The molecule has 0 spiro atoms. The highest BCUT2D eigenvalue weighted by molar-refractivity contribution is 14.1. The van der Waals surface area contributed by atoms with Gasteiger partial charge in [-0.15, -0.1) is 6.42 Å². The third-order valence-electron chi connectivity index (χ3n) is 3.73. The van der Waals surface area contributed by atoms with E-state index in [9.17, 15) is 9.59 Å². The summed E-state index contributed by atoms with van der Waals surface area (Å²) in [7, 11) is 0. The lowest BCUT2D eigenvalue weighted by Crippen LogP contribution is -2.44. The molecule has 2 aromatic carbocycles. The smallest absolute Gasteiger partial charge is 0.285 e. The van der Waals surface area contributed by atoms with Crippen LogP contribution in [0.4, 0.5) is 0 Å². The minimum absolute atomic E-state index is 0.178. The number of terminal acetylenes is 1. The summed E-state index contributed by atoms with van der Waals surface area (Å²) < 4.78 is 7.54. The number of amides is 2. The van der Waals surface area contributed by atoms with Gasteiger partial charge in [0.15, 0.2) is 4.32 Å². The predicted octanol–water partition coefficient (Wildman–Crippen LogP) is 5.11. The second kappa shape index (κ2) is 10.3. The number of thiocarbonyl (C=S) groups is 1. The lowest BCUT2D eigenvalue weighted by Gasteiger charge is -2.15. The van der Waals surface area contributed by atoms with Crippen LogP contribution in [0.3, 0.4) is 0 Å². The van der Waals surface area contributed by atoms with E-state index < -0.39 is 11.8 Å². The molecule has 0 radical (unpaired) electrons. The summed E-state index contributed by atoms with van der Waals surface area (Å²) in [5.41, 5.74) is 3.71. The molecular weight excluding hydrogens is 670 g/mol. The average molecular weight is 681 g/mol. The molecule has 0 atom stereocenters. The maximum absolute atomic E-state index is 12.8. The van der Waals surface area contributed by atoms with Gasteiger partial charge < -0.3 is 4.74 Å². The highest BCUT2D eigenvalue weighted by atomic mass is 127. The SMILES string of the molecule is C#CCOc1c(I)cc(/C=C2\SC(=S)N(NC(=O)c3ccc(Cl)cc3)C2=O)cc1I. The molecule has 0 aliphatic carbocycles. The average Bonchev–Trinajstić information content (AvgIpc) is 2.95. The number of nitrogens with zero attached hydrogens (tertiary/aromatic N) is 1. The van der Waals surface area contributed by atoms with Crippen LogP contribution in [0.2, 0.25) is 5.02 Å². The zero-order chi connectivity index (χ0) is 21.8. The molecule has 1 aliphatic heterocycles. The molecular formula is C20H11ClI2N2O3S2. The van der Waals surface area contributed by atoms with Gasteiger partial charge in [-0.25, -0.2) is 0 Å². The highest BCUT2D eigenvalue weighted by Gasteiger charge is 2.33. The van der Waals surface area contributed by atoms with Crippen LogP contribution in [-0.4, -0.2) is 27.8 Å². The van der Waals surface area contributed by atoms with Crippen molar-refractivity contribution < 1.29 is 14.3 Å². The summed E-state index contributed by atoms with van der Waals surface area (Å²) in [4.78, 5) is 25.6. The Bertz CT molecular complexity index is 1090. The maximum Gasteiger partial charge on any atom is 0.285 e. The zero-order valence-electron chi connectivity index (χ0n) is 14.9. The first-order valence-electron chi connectivity index (χ1n) is 8.20. The van der Waals surface area contributed by atoms with E-state index in [1.54, 1.807) is 30.3 Å². The Hall–Kier alpha value is -1.33. The van der Waals surface area contributed by atoms with Crippen LogP contribution in [0.1, 0.15) is 15.9 Å². The van der Waals surface area contributed by atoms with Gasteiger partial charge >= 0.3 is 0 Å². The Morgan fingerprint density at radius 3 is 2.53 bits per heavy atom. The van der Waals surface area contributed by atoms with Gasteiger partial charge in [-0.2, -0.15) is 5.01 Å². The number of hydrazine groups is 1. The fourth-order valence-corrected chi connectivity index (χ4v) is 5.83. The monoisotopic (exact) mass is 680 g/mol. The van der Waals surface area contributed by atoms with Crippen molar-refractivity contribution in [1.29, 1.82) is 0 Å². The van der Waals surface area contributed by atoms with Crippen molar-refractivity contribution in [3.8, 4) is 18.1 Å². The lowest BCUT2D eigenvalue weighted by molar-refractivity contribution is -0.123. The molecule has 2 aromatic rings. The van der Waals surface area contributed by atoms with Crippen molar-refractivity contribution in [3.63, 3.8) is 0 Å². The fraction of sp³-hybridized carbons (Fsp3) is 0.0500. The van der Waals surface area contributed by atoms with E-state index in [0.29, 0.717) is 21.2 Å². The van der Waals surface area contributed by atoms with Crippen LogP contribution < -0.4 is 10.2 Å². The number of carbonyl (C=O) groups is 2. The molecule has 0 bridgehead atoms. The van der Waals surface area contributed by atoms with E-state index in [0.717, 1.165) is 29.5 Å². The van der Waals surface area contributed by atoms with E-state index in [1.807, 2.05) is 12.1 Å². The van der Waals surface area contributed by atoms with Gasteiger partial charge in [-0.05, 0) is 105 Å². The maximum atomic E-state index is 12.8. The number of carbonyl (C=O) groups excluding carboxylic acids is 2. The molecule has 1 heterocycles. The number of rotatable bonds is 5. The minimum Gasteiger partial charge on any atom is -0.479 e. The summed E-state index contributed by atoms with van der Waals surface area (Å²) >= 11 is 16.5. The van der Waals surface area contributed by atoms with Crippen LogP contribution in [-0.2, 0) is 4.79 Å². The third-order valence-corrected chi connectivity index (χ3v) is 6.89. The van der Waals surface area contributed by atoms with Crippen molar-refractivity contribution in [2.45, 2.75) is 0 Å². The zero-order valence-corrected chi connectivity index (χ0v) is 21.7. The molecule has 10 heteroatoms. The van der Waals surface area contributed by atoms with Crippen molar-refractivity contribution in [2.24, 2.45) is 0 Å². The highest BCUT2D eigenvalue weighted by Crippen LogP contribution is 2.34. The molecule has 1 N–H and O–H groups in total. The van der Waals surface area contributed by atoms with Crippen LogP contribution in [0.5, 0.6) is 5.75 Å². The summed E-state index contributed by atoms with van der Waals surface area (Å²) in [6.45, 7) is 0.178. The Balaban J connectivity index is 1.78. The number of thioether (sulfide) groups is 1. The van der Waals surface area contributed by atoms with E-state index in [-0.39, 0.29) is 10.9 Å². The van der Waals surface area contributed by atoms with Gasteiger partial charge in [0.25, 0.3) is 11.8 Å². The third kappa shape index (κ3) is 5.47. The van der Waals surface area contributed by atoms with Gasteiger partial charge in [0.2, 0.25) is 0 Å². The summed E-state index contributed by atoms with van der Waals surface area (Å²) in [5.74, 6) is 2.29. The molecule has 1 saturated heterocycles. The molecule has 1 fully saturated rings. The first-order valence-corrected chi connectivity index (χ1v) is 12.0. The van der Waals surface area contributed by atoms with Crippen LogP contribution in [0, 0.1) is 19.5 Å². The first kappa shape index (κ1) is 23.3. The van der Waals surface area contributed by atoms with E-state index >= 15 is 0 Å². The Morgan fingerprint density at radius 1 is 1.30 bits per heavy atom. The molecule has 3 rings (SSSR count). The molecule has 0 saturated carbocycles. The number of benzene rings is 2. The van der Waals surface area contributed by atoms with Gasteiger partial charge in [-0.1, -0.05) is 29.3 Å². The van der Waals surface area contributed by atoms with Crippen molar-refractivity contribution >= 4 is 103 Å². The lowest BCUT2D eigenvalue weighted by atomic mass is 10.2. The number of nitrogens with one attached hydrogen (secondary N) is 1. The fourth-order valence-electron chi connectivity index (χ4n) is 2.40. The molecule has 0 unspecified atom stereocenters. The van der Waals surface area contributed by atoms with Crippen LogP contribution >= 0.6 is 80.8 Å². The van der Waals surface area contributed by atoms with Crippen molar-refractivity contribution in [3.05, 3.63) is 64.6 Å². The summed E-state index contributed by atoms with van der Waals surface area (Å²) in [5, 5.41) is 1.59. The van der Waals surface area contributed by atoms with Gasteiger partial charge in [0.1, 0.15) is 12.4 Å². The minimum atomic E-state index is -0.455. The van der Waals surface area contributed by atoms with Crippen molar-refractivity contribution in [1.82, 2.24) is 10.4 Å². The normalized spacial score (nSPS) is 14.7. The predicted molar refractivity (Wildman–Crippen MR) is 140 cm³/mol. The van der Waals surface area contributed by atoms with E-state index in [4.69, 9.17) is 35.0 Å². The number of halogens is 3. The molecule has 30 heavy (non-hydrogen) atoms. The number of hydrogen-bond donors (Lipinski definition) is 1. The quantitative estimate of drug-likeness (QED) is 0.206. The number of ether oxygens (including phenoxy) is 1. The summed E-state index contributed by atoms with van der Waals surface area (Å²) in [6.07, 6.45) is 6.98. The van der Waals surface area contributed by atoms with Gasteiger partial charge in [0, 0.05) is 10.6 Å². The Kier molecular flexibility index (Phi) is 8.03. The van der Waals surface area contributed by atoms with Crippen molar-refractivity contribution in [2.75, 3.05) is 6.61 Å². The van der Waals surface area contributed by atoms with Crippen LogP contribution in [0.25, 0.3) is 6.08 Å². The second-order valence-corrected chi connectivity index (χ2v) is 10.2. The largest absolute Gasteiger partial charge is 0.479 e. The molecule has 0 aromatic heterocycles. The second-order valence-electron chi connectivity index (χ2n) is 5.77. The van der Waals surface area contributed by atoms with Crippen LogP contribution in [0.15, 0.2) is 41.3 Å². The molecule has 152 valence electrons. The number of hydrogen-bond acceptors (Lipinski definition) is 5. The Morgan fingerprint density at radius 2 is 1.93 bits per heavy atom. The summed E-state index contributed by atoms with van der Waals surface area (Å²) in [6, 6.07) is 10.1. The van der Waals surface area contributed by atoms with Gasteiger partial charge in [0.05, 0.1) is 12.0 Å². The molecule has 1 aliphatic rings. The molecule has 5 nitrogen and oxygen atoms in total. The Labute approximate surface area is 215 Å². The standard InChI is InChI=1S/C20H11ClI2N2O3S2/c1-2-7-28-17-14(22)8-11(9-15(17)23)10-16-19(27)25(20(29)30-16)24-18(26)12-3-5-13(21)6-4-12/h1,3-6,8-10H,7H2,(H,24,26)/b16-10-. The topological polar surface area (TPSA) is 58.6 Å². The van der Waals surface area contributed by atoms with E-state index in [1.165, 1.54) is 0 Å². The van der Waals surface area contributed by atoms with E-state index in [2.05, 4.69) is 56.5 Å².